The van der Waals surface area contributed by atoms with Gasteiger partial charge in [0.1, 0.15) is 0 Å². The Morgan fingerprint density at radius 1 is 1.10 bits per heavy atom. The van der Waals surface area contributed by atoms with Gasteiger partial charge >= 0.3 is 0 Å². The van der Waals surface area contributed by atoms with Crippen LogP contribution in [-0.2, 0) is 14.8 Å². The molecule has 1 saturated heterocycles. The molecule has 7 nitrogen and oxygen atoms in total. The van der Waals surface area contributed by atoms with E-state index in [9.17, 15) is 18.0 Å². The molecule has 0 spiro atoms. The first-order valence-corrected chi connectivity index (χ1v) is 12.3. The first-order valence-electron chi connectivity index (χ1n) is 9.94. The fourth-order valence-corrected chi connectivity index (χ4v) is 5.77. The van der Waals surface area contributed by atoms with Crippen molar-refractivity contribution in [2.75, 3.05) is 32.7 Å². The Balaban J connectivity index is 1.45. The number of nitrogens with zero attached hydrogens (tertiary/aromatic N) is 2. The van der Waals surface area contributed by atoms with Gasteiger partial charge in [-0.15, -0.1) is 0 Å². The van der Waals surface area contributed by atoms with Gasteiger partial charge in [-0.25, -0.2) is 8.42 Å². The van der Waals surface area contributed by atoms with Gasteiger partial charge in [0.05, 0.1) is 4.90 Å². The minimum Gasteiger partial charge on any atom is -0.352 e. The van der Waals surface area contributed by atoms with E-state index in [1.165, 1.54) is 15.6 Å². The van der Waals surface area contributed by atoms with Crippen molar-refractivity contribution in [2.45, 2.75) is 31.6 Å². The number of piperazine rings is 1. The highest BCUT2D eigenvalue weighted by Gasteiger charge is 2.30. The van der Waals surface area contributed by atoms with Crippen molar-refractivity contribution < 1.29 is 18.0 Å². The summed E-state index contributed by atoms with van der Waals surface area (Å²) in [5.74, 6) is -0.141. The SMILES string of the molecule is Cc1ccc(S(=O)(=O)N2CCN(C(=O)CCCNC(=O)c3ccsc3)CC2)c(C)c1. The molecule has 2 heterocycles. The van der Waals surface area contributed by atoms with Crippen molar-refractivity contribution in [3.63, 3.8) is 0 Å². The summed E-state index contributed by atoms with van der Waals surface area (Å²) in [4.78, 5) is 26.3. The van der Waals surface area contributed by atoms with Gasteiger partial charge in [-0.2, -0.15) is 15.6 Å². The number of hydrogen-bond acceptors (Lipinski definition) is 5. The van der Waals surface area contributed by atoms with Crippen LogP contribution in [0.4, 0.5) is 0 Å². The van der Waals surface area contributed by atoms with E-state index in [0.717, 1.165) is 11.1 Å². The summed E-state index contributed by atoms with van der Waals surface area (Å²) in [7, 11) is -3.56. The molecule has 9 heteroatoms. The molecule has 0 aliphatic carbocycles. The molecule has 0 unspecified atom stereocenters. The van der Waals surface area contributed by atoms with E-state index in [1.54, 1.807) is 35.4 Å². The minimum atomic E-state index is -3.56. The van der Waals surface area contributed by atoms with Crippen molar-refractivity contribution in [3.8, 4) is 0 Å². The number of rotatable bonds is 7. The third-order valence-corrected chi connectivity index (χ3v) is 7.92. The molecule has 1 N–H and O–H groups in total. The Morgan fingerprint density at radius 2 is 1.83 bits per heavy atom. The van der Waals surface area contributed by atoms with Crippen LogP contribution in [-0.4, -0.2) is 62.2 Å². The number of carbonyl (C=O) groups excluding carboxylic acids is 2. The van der Waals surface area contributed by atoms with Gasteiger partial charge in [0, 0.05) is 50.1 Å². The molecule has 1 aliphatic heterocycles. The number of carbonyl (C=O) groups is 2. The van der Waals surface area contributed by atoms with Gasteiger partial charge in [-0.05, 0) is 43.3 Å². The number of hydrogen-bond donors (Lipinski definition) is 1. The molecule has 0 saturated carbocycles. The van der Waals surface area contributed by atoms with E-state index in [4.69, 9.17) is 0 Å². The van der Waals surface area contributed by atoms with E-state index >= 15 is 0 Å². The number of aryl methyl sites for hydroxylation is 2. The van der Waals surface area contributed by atoms with Gasteiger partial charge in [0.25, 0.3) is 5.91 Å². The standard InChI is InChI=1S/C21H27N3O4S2/c1-16-5-6-19(17(2)14-16)30(27,28)24-11-9-23(10-12-24)20(25)4-3-8-22-21(26)18-7-13-29-15-18/h5-7,13-15H,3-4,8-12H2,1-2H3,(H,22,26). The number of nitrogens with one attached hydrogen (secondary N) is 1. The molecule has 1 aliphatic rings. The summed E-state index contributed by atoms with van der Waals surface area (Å²) in [5, 5.41) is 6.44. The van der Waals surface area contributed by atoms with Crippen LogP contribution in [0.5, 0.6) is 0 Å². The first kappa shape index (κ1) is 22.5. The highest BCUT2D eigenvalue weighted by Crippen LogP contribution is 2.22. The molecule has 1 aromatic heterocycles. The van der Waals surface area contributed by atoms with Crippen molar-refractivity contribution in [3.05, 3.63) is 51.7 Å². The molecule has 0 radical (unpaired) electrons. The molecule has 2 amide bonds. The molecule has 1 aromatic carbocycles. The van der Waals surface area contributed by atoms with Crippen molar-refractivity contribution >= 4 is 33.2 Å². The van der Waals surface area contributed by atoms with Gasteiger partial charge in [0.15, 0.2) is 0 Å². The summed E-state index contributed by atoms with van der Waals surface area (Å²) in [5.41, 5.74) is 2.39. The van der Waals surface area contributed by atoms with Crippen molar-refractivity contribution in [2.24, 2.45) is 0 Å². The van der Waals surface area contributed by atoms with Crippen LogP contribution in [0.1, 0.15) is 34.3 Å². The van der Waals surface area contributed by atoms with Crippen molar-refractivity contribution in [1.82, 2.24) is 14.5 Å². The van der Waals surface area contributed by atoms with Crippen LogP contribution in [0.3, 0.4) is 0 Å². The molecule has 1 fully saturated rings. The number of sulfonamides is 1. The van der Waals surface area contributed by atoms with Crippen LogP contribution in [0.25, 0.3) is 0 Å². The Bertz CT molecular complexity index is 995. The van der Waals surface area contributed by atoms with E-state index in [-0.39, 0.29) is 24.9 Å². The van der Waals surface area contributed by atoms with Gasteiger partial charge in [-0.1, -0.05) is 17.7 Å². The van der Waals surface area contributed by atoms with Crippen LogP contribution in [0, 0.1) is 13.8 Å². The maximum absolute atomic E-state index is 13.0. The largest absolute Gasteiger partial charge is 0.352 e. The average Bonchev–Trinajstić information content (AvgIpc) is 3.25. The molecule has 0 bridgehead atoms. The first-order chi connectivity index (χ1) is 14.3. The monoisotopic (exact) mass is 449 g/mol. The highest BCUT2D eigenvalue weighted by molar-refractivity contribution is 7.89. The Kier molecular flexibility index (Phi) is 7.27. The Morgan fingerprint density at radius 3 is 2.47 bits per heavy atom. The van der Waals surface area contributed by atoms with E-state index in [0.29, 0.717) is 42.9 Å². The van der Waals surface area contributed by atoms with Gasteiger partial charge in [-0.3, -0.25) is 9.59 Å². The number of thiophene rings is 1. The van der Waals surface area contributed by atoms with Crippen molar-refractivity contribution in [1.29, 1.82) is 0 Å². The third-order valence-electron chi connectivity index (χ3n) is 5.18. The third kappa shape index (κ3) is 5.27. The number of amides is 2. The molecule has 0 atom stereocenters. The summed E-state index contributed by atoms with van der Waals surface area (Å²) < 4.78 is 27.4. The zero-order chi connectivity index (χ0) is 21.7. The van der Waals surface area contributed by atoms with Gasteiger partial charge in [0.2, 0.25) is 15.9 Å². The summed E-state index contributed by atoms with van der Waals surface area (Å²) in [6.45, 7) is 5.50. The fourth-order valence-electron chi connectivity index (χ4n) is 3.50. The average molecular weight is 450 g/mol. The van der Waals surface area contributed by atoms with E-state index < -0.39 is 10.0 Å². The minimum absolute atomic E-state index is 0.0108. The molecule has 3 rings (SSSR count). The zero-order valence-electron chi connectivity index (χ0n) is 17.3. The topological polar surface area (TPSA) is 86.8 Å². The van der Waals surface area contributed by atoms with E-state index in [1.807, 2.05) is 18.4 Å². The molecule has 162 valence electrons. The van der Waals surface area contributed by atoms with Crippen LogP contribution >= 0.6 is 11.3 Å². The molecular formula is C21H27N3O4S2. The second kappa shape index (κ2) is 9.72. The zero-order valence-corrected chi connectivity index (χ0v) is 18.9. The quantitative estimate of drug-likeness (QED) is 0.658. The maximum atomic E-state index is 13.0. The summed E-state index contributed by atoms with van der Waals surface area (Å²) >= 11 is 1.46. The van der Waals surface area contributed by atoms with Crippen LogP contribution in [0.2, 0.25) is 0 Å². The lowest BCUT2D eigenvalue weighted by Crippen LogP contribution is -2.50. The van der Waals surface area contributed by atoms with E-state index in [2.05, 4.69) is 5.32 Å². The lowest BCUT2D eigenvalue weighted by atomic mass is 10.2. The lowest BCUT2D eigenvalue weighted by molar-refractivity contribution is -0.132. The fraction of sp³-hybridized carbons (Fsp3) is 0.429. The molecular weight excluding hydrogens is 422 g/mol. The van der Waals surface area contributed by atoms with Crippen LogP contribution in [0.15, 0.2) is 39.9 Å². The second-order valence-electron chi connectivity index (χ2n) is 7.43. The lowest BCUT2D eigenvalue weighted by Gasteiger charge is -2.34. The maximum Gasteiger partial charge on any atom is 0.252 e. The predicted molar refractivity (Wildman–Crippen MR) is 117 cm³/mol. The Labute approximate surface area is 181 Å². The summed E-state index contributed by atoms with van der Waals surface area (Å²) in [6, 6.07) is 7.08. The highest BCUT2D eigenvalue weighted by atomic mass is 32.2. The predicted octanol–water partition coefficient (Wildman–Crippen LogP) is 2.41. The molecule has 2 aromatic rings. The normalized spacial score (nSPS) is 15.2. The van der Waals surface area contributed by atoms with Crippen LogP contribution < -0.4 is 5.32 Å². The number of benzene rings is 1. The van der Waals surface area contributed by atoms with Gasteiger partial charge < -0.3 is 10.2 Å². The smallest absolute Gasteiger partial charge is 0.252 e. The molecule has 30 heavy (non-hydrogen) atoms. The summed E-state index contributed by atoms with van der Waals surface area (Å²) in [6.07, 6.45) is 0.878. The Hall–Kier alpha value is -2.23. The second-order valence-corrected chi connectivity index (χ2v) is 10.1.